The van der Waals surface area contributed by atoms with Crippen molar-refractivity contribution >= 4 is 0 Å². The number of H-pyrrole nitrogens is 1. The minimum atomic E-state index is 0.0514. The first-order valence-corrected chi connectivity index (χ1v) is 4.64. The number of aromatic amines is 1. The van der Waals surface area contributed by atoms with Crippen LogP contribution in [-0.4, -0.2) is 30.6 Å². The van der Waals surface area contributed by atoms with E-state index in [-0.39, 0.29) is 5.41 Å². The molecule has 2 heterocycles. The maximum absolute atomic E-state index is 4.19. The molecule has 0 fully saturated rings. The molecular formula is C9H12N6. The van der Waals surface area contributed by atoms with Crippen molar-refractivity contribution in [2.24, 2.45) is 0 Å². The van der Waals surface area contributed by atoms with Gasteiger partial charge in [-0.3, -0.25) is 0 Å². The summed E-state index contributed by atoms with van der Waals surface area (Å²) in [5, 5.41) is 13.4. The SMILES string of the molecule is CC(C)(C)c1cnc(-c2nn[nH]n2)nc1. The Bertz CT molecular complexity index is 425. The first kappa shape index (κ1) is 9.70. The molecule has 0 saturated carbocycles. The van der Waals surface area contributed by atoms with Gasteiger partial charge < -0.3 is 0 Å². The van der Waals surface area contributed by atoms with Crippen LogP contribution in [0.2, 0.25) is 0 Å². The van der Waals surface area contributed by atoms with Crippen LogP contribution in [0.3, 0.4) is 0 Å². The molecule has 0 unspecified atom stereocenters. The molecule has 1 N–H and O–H groups in total. The molecule has 15 heavy (non-hydrogen) atoms. The number of rotatable bonds is 1. The highest BCUT2D eigenvalue weighted by atomic mass is 15.5. The fourth-order valence-electron chi connectivity index (χ4n) is 1.09. The first-order valence-electron chi connectivity index (χ1n) is 4.64. The molecule has 0 saturated heterocycles. The molecule has 0 aliphatic carbocycles. The molecular weight excluding hydrogens is 192 g/mol. The van der Waals surface area contributed by atoms with Crippen molar-refractivity contribution < 1.29 is 0 Å². The molecule has 2 rings (SSSR count). The Morgan fingerprint density at radius 2 is 1.73 bits per heavy atom. The average molecular weight is 204 g/mol. The zero-order chi connectivity index (χ0) is 10.9. The Labute approximate surface area is 87.2 Å². The van der Waals surface area contributed by atoms with Crippen molar-refractivity contribution in [3.63, 3.8) is 0 Å². The summed E-state index contributed by atoms with van der Waals surface area (Å²) in [6.45, 7) is 6.33. The van der Waals surface area contributed by atoms with Gasteiger partial charge in [-0.2, -0.15) is 5.21 Å². The smallest absolute Gasteiger partial charge is 0.233 e. The van der Waals surface area contributed by atoms with Crippen LogP contribution in [0.5, 0.6) is 0 Å². The van der Waals surface area contributed by atoms with E-state index in [4.69, 9.17) is 0 Å². The molecule has 0 aliphatic heterocycles. The van der Waals surface area contributed by atoms with Gasteiger partial charge in [-0.15, -0.1) is 10.2 Å². The summed E-state index contributed by atoms with van der Waals surface area (Å²) < 4.78 is 0. The van der Waals surface area contributed by atoms with Gasteiger partial charge in [-0.05, 0) is 16.2 Å². The molecule has 78 valence electrons. The lowest BCUT2D eigenvalue weighted by Crippen LogP contribution is -2.12. The van der Waals surface area contributed by atoms with E-state index in [1.54, 1.807) is 12.4 Å². The van der Waals surface area contributed by atoms with Crippen molar-refractivity contribution in [3.05, 3.63) is 18.0 Å². The second kappa shape index (κ2) is 3.38. The van der Waals surface area contributed by atoms with Gasteiger partial charge in [0.2, 0.25) is 11.6 Å². The lowest BCUT2D eigenvalue weighted by Gasteiger charge is -2.17. The van der Waals surface area contributed by atoms with Crippen molar-refractivity contribution in [3.8, 4) is 11.6 Å². The van der Waals surface area contributed by atoms with Crippen LogP contribution in [0, 0.1) is 0 Å². The van der Waals surface area contributed by atoms with Crippen LogP contribution in [0.25, 0.3) is 11.6 Å². The topological polar surface area (TPSA) is 80.2 Å². The largest absolute Gasteiger partial charge is 0.241 e. The maximum Gasteiger partial charge on any atom is 0.241 e. The Balaban J connectivity index is 2.33. The number of nitrogens with one attached hydrogen (secondary N) is 1. The summed E-state index contributed by atoms with van der Waals surface area (Å²) in [6, 6.07) is 0. The number of nitrogens with zero attached hydrogens (tertiary/aromatic N) is 5. The standard InChI is InChI=1S/C9H12N6/c1-9(2,3)6-4-10-7(11-5-6)8-12-14-15-13-8/h4-5H,1-3H3,(H,12,13,14,15). The van der Waals surface area contributed by atoms with Crippen LogP contribution in [0.15, 0.2) is 12.4 Å². The van der Waals surface area contributed by atoms with Gasteiger partial charge in [0.1, 0.15) is 0 Å². The van der Waals surface area contributed by atoms with E-state index in [9.17, 15) is 0 Å². The summed E-state index contributed by atoms with van der Waals surface area (Å²) >= 11 is 0. The highest BCUT2D eigenvalue weighted by Gasteiger charge is 2.15. The summed E-state index contributed by atoms with van der Waals surface area (Å²) in [5.74, 6) is 0.896. The van der Waals surface area contributed by atoms with Crippen LogP contribution in [-0.2, 0) is 5.41 Å². The molecule has 2 aromatic rings. The third-order valence-corrected chi connectivity index (χ3v) is 2.06. The van der Waals surface area contributed by atoms with Gasteiger partial charge >= 0.3 is 0 Å². The number of hydrogen-bond acceptors (Lipinski definition) is 5. The van der Waals surface area contributed by atoms with Crippen molar-refractivity contribution in [1.82, 2.24) is 30.6 Å². The van der Waals surface area contributed by atoms with Crippen LogP contribution in [0.1, 0.15) is 26.3 Å². The fourth-order valence-corrected chi connectivity index (χ4v) is 1.09. The van der Waals surface area contributed by atoms with E-state index in [1.807, 2.05) is 0 Å². The van der Waals surface area contributed by atoms with E-state index in [2.05, 4.69) is 51.4 Å². The summed E-state index contributed by atoms with van der Waals surface area (Å²) in [7, 11) is 0. The van der Waals surface area contributed by atoms with Gasteiger partial charge in [0.15, 0.2) is 0 Å². The minimum absolute atomic E-state index is 0.0514. The lowest BCUT2D eigenvalue weighted by molar-refractivity contribution is 0.584. The zero-order valence-electron chi connectivity index (χ0n) is 8.89. The molecule has 0 bridgehead atoms. The first-order chi connectivity index (χ1) is 7.07. The second-order valence-electron chi connectivity index (χ2n) is 4.28. The molecule has 2 aromatic heterocycles. The van der Waals surface area contributed by atoms with Crippen LogP contribution >= 0.6 is 0 Å². The molecule has 6 nitrogen and oxygen atoms in total. The van der Waals surface area contributed by atoms with Gasteiger partial charge in [0, 0.05) is 12.4 Å². The third kappa shape index (κ3) is 1.98. The molecule has 6 heteroatoms. The number of aromatic nitrogens is 6. The number of tetrazole rings is 1. The minimum Gasteiger partial charge on any atom is -0.233 e. The van der Waals surface area contributed by atoms with Crippen LogP contribution in [0.4, 0.5) is 0 Å². The highest BCUT2D eigenvalue weighted by molar-refractivity contribution is 5.40. The molecule has 0 aromatic carbocycles. The van der Waals surface area contributed by atoms with E-state index in [0.717, 1.165) is 5.56 Å². The van der Waals surface area contributed by atoms with Gasteiger partial charge in [-0.1, -0.05) is 20.8 Å². The maximum atomic E-state index is 4.19. The second-order valence-corrected chi connectivity index (χ2v) is 4.28. The molecule has 0 spiro atoms. The molecule has 0 radical (unpaired) electrons. The monoisotopic (exact) mass is 204 g/mol. The van der Waals surface area contributed by atoms with Crippen molar-refractivity contribution in [2.75, 3.05) is 0 Å². The summed E-state index contributed by atoms with van der Waals surface area (Å²) in [5.41, 5.74) is 1.13. The predicted molar refractivity (Wildman–Crippen MR) is 53.9 cm³/mol. The summed E-state index contributed by atoms with van der Waals surface area (Å²) in [6.07, 6.45) is 3.58. The third-order valence-electron chi connectivity index (χ3n) is 2.06. The Morgan fingerprint density at radius 1 is 1.07 bits per heavy atom. The van der Waals surface area contributed by atoms with Crippen LogP contribution < -0.4 is 0 Å². The normalized spacial score (nSPS) is 11.7. The molecule has 0 amide bonds. The predicted octanol–water partition coefficient (Wildman–Crippen LogP) is 0.954. The summed E-state index contributed by atoms with van der Waals surface area (Å²) in [4.78, 5) is 8.38. The average Bonchev–Trinajstić information content (AvgIpc) is 2.69. The molecule has 0 aliphatic rings. The lowest BCUT2D eigenvalue weighted by atomic mass is 9.89. The molecule has 0 atom stereocenters. The van der Waals surface area contributed by atoms with E-state index < -0.39 is 0 Å². The highest BCUT2D eigenvalue weighted by Crippen LogP contribution is 2.20. The quantitative estimate of drug-likeness (QED) is 0.748. The Hall–Kier alpha value is -1.85. The van der Waals surface area contributed by atoms with Gasteiger partial charge in [0.25, 0.3) is 0 Å². The Morgan fingerprint density at radius 3 is 2.20 bits per heavy atom. The number of hydrogen-bond donors (Lipinski definition) is 1. The van der Waals surface area contributed by atoms with Gasteiger partial charge in [0.05, 0.1) is 0 Å². The van der Waals surface area contributed by atoms with Crippen molar-refractivity contribution in [2.45, 2.75) is 26.2 Å². The van der Waals surface area contributed by atoms with E-state index in [0.29, 0.717) is 11.6 Å². The van der Waals surface area contributed by atoms with E-state index in [1.165, 1.54) is 0 Å². The van der Waals surface area contributed by atoms with Gasteiger partial charge in [-0.25, -0.2) is 9.97 Å². The fraction of sp³-hybridized carbons (Fsp3) is 0.444. The van der Waals surface area contributed by atoms with E-state index >= 15 is 0 Å². The zero-order valence-corrected chi connectivity index (χ0v) is 8.89. The van der Waals surface area contributed by atoms with Crippen molar-refractivity contribution in [1.29, 1.82) is 0 Å². The Kier molecular flexibility index (Phi) is 2.18.